The lowest BCUT2D eigenvalue weighted by Gasteiger charge is -2.35. The number of benzene rings is 3. The van der Waals surface area contributed by atoms with Crippen LogP contribution >= 0.6 is 11.8 Å². The number of carboxylic acid groups (broad SMARTS) is 1. The average Bonchev–Trinajstić information content (AvgIpc) is 3.43. The summed E-state index contributed by atoms with van der Waals surface area (Å²) >= 11 is 1.57. The number of nitrogens with zero attached hydrogens (tertiary/aromatic N) is 5. The van der Waals surface area contributed by atoms with Crippen molar-refractivity contribution in [2.45, 2.75) is 36.7 Å². The number of aliphatic carboxylic acids is 1. The molecule has 1 fully saturated rings. The van der Waals surface area contributed by atoms with Crippen LogP contribution in [0, 0.1) is 6.92 Å². The normalized spacial score (nSPS) is 14.0. The van der Waals surface area contributed by atoms with E-state index in [4.69, 9.17) is 24.8 Å². The van der Waals surface area contributed by atoms with Crippen molar-refractivity contribution in [1.29, 1.82) is 0 Å². The number of piperazine rings is 1. The van der Waals surface area contributed by atoms with Crippen molar-refractivity contribution in [1.82, 2.24) is 19.9 Å². The minimum atomic E-state index is -4.42. The van der Waals surface area contributed by atoms with Gasteiger partial charge in [-0.15, -0.1) is 11.8 Å². The van der Waals surface area contributed by atoms with E-state index in [0.717, 1.165) is 71.6 Å². The van der Waals surface area contributed by atoms with Crippen LogP contribution in [0.1, 0.15) is 28.9 Å². The number of aryl methyl sites for hydroxylation is 1. The van der Waals surface area contributed by atoms with Gasteiger partial charge in [-0.25, -0.2) is 0 Å². The number of methoxy groups -OCH3 is 1. The molecule has 1 aliphatic rings. The van der Waals surface area contributed by atoms with E-state index in [0.29, 0.717) is 23.7 Å². The molecule has 2 heterocycles. The summed E-state index contributed by atoms with van der Waals surface area (Å²) in [5, 5.41) is 18.3. The third-order valence-corrected chi connectivity index (χ3v) is 8.47. The van der Waals surface area contributed by atoms with E-state index in [1.165, 1.54) is 16.9 Å². The summed E-state index contributed by atoms with van der Waals surface area (Å²) in [5.74, 6) is 1.02. The Balaban J connectivity index is 1.29. The molecular weight excluding hydrogens is 607 g/mol. The average molecular weight is 642 g/mol. The quantitative estimate of drug-likeness (QED) is 0.185. The van der Waals surface area contributed by atoms with E-state index in [1.807, 2.05) is 37.3 Å². The number of anilines is 1. The van der Waals surface area contributed by atoms with Gasteiger partial charge in [-0.05, 0) is 79.2 Å². The SMILES string of the molecule is COc1ccc(N2CCN(Cc3nn(-c4ccc(C(F)(F)F)cc4)nc3CSc3ccc(OCCC(=O)O)c(C)c3)CC2)cc1. The largest absolute Gasteiger partial charge is 0.497 e. The molecule has 13 heteroatoms. The molecule has 0 saturated carbocycles. The number of carbonyl (C=O) groups is 1. The third-order valence-electron chi connectivity index (χ3n) is 7.47. The zero-order valence-electron chi connectivity index (χ0n) is 25.0. The number of alkyl halides is 3. The fraction of sp³-hybridized carbons (Fsp3) is 0.344. The molecule has 1 aromatic heterocycles. The Morgan fingerprint density at radius 2 is 1.60 bits per heavy atom. The van der Waals surface area contributed by atoms with Crippen LogP contribution < -0.4 is 14.4 Å². The van der Waals surface area contributed by atoms with E-state index in [2.05, 4.69) is 21.9 Å². The highest BCUT2D eigenvalue weighted by Crippen LogP contribution is 2.31. The topological polar surface area (TPSA) is 93.0 Å². The van der Waals surface area contributed by atoms with Gasteiger partial charge in [-0.1, -0.05) is 0 Å². The van der Waals surface area contributed by atoms with Crippen molar-refractivity contribution in [2.24, 2.45) is 0 Å². The number of ether oxygens (including phenoxy) is 2. The van der Waals surface area contributed by atoms with Crippen LogP contribution in [0.25, 0.3) is 5.69 Å². The van der Waals surface area contributed by atoms with Crippen LogP contribution in [0.2, 0.25) is 0 Å². The Bertz CT molecular complexity index is 1590. The lowest BCUT2D eigenvalue weighted by Crippen LogP contribution is -2.46. The number of aromatic nitrogens is 3. The van der Waals surface area contributed by atoms with Gasteiger partial charge in [-0.2, -0.15) is 28.2 Å². The van der Waals surface area contributed by atoms with Gasteiger partial charge < -0.3 is 19.5 Å². The van der Waals surface area contributed by atoms with Crippen LogP contribution in [0.3, 0.4) is 0 Å². The van der Waals surface area contributed by atoms with Crippen LogP contribution in [-0.2, 0) is 23.3 Å². The first-order chi connectivity index (χ1) is 21.6. The van der Waals surface area contributed by atoms with Crippen LogP contribution in [0.4, 0.5) is 18.9 Å². The minimum Gasteiger partial charge on any atom is -0.497 e. The van der Waals surface area contributed by atoms with Gasteiger partial charge >= 0.3 is 12.1 Å². The first-order valence-corrected chi connectivity index (χ1v) is 15.4. The Kier molecular flexibility index (Phi) is 10.2. The molecule has 1 saturated heterocycles. The van der Waals surface area contributed by atoms with Gasteiger partial charge in [0.05, 0.1) is 37.1 Å². The van der Waals surface area contributed by atoms with Gasteiger partial charge in [0, 0.05) is 49.1 Å². The zero-order valence-corrected chi connectivity index (χ0v) is 25.8. The van der Waals surface area contributed by atoms with E-state index in [-0.39, 0.29) is 13.0 Å². The molecule has 1 aliphatic heterocycles. The molecule has 0 atom stereocenters. The van der Waals surface area contributed by atoms with Crippen molar-refractivity contribution < 1.29 is 32.5 Å². The molecule has 0 amide bonds. The molecule has 9 nitrogen and oxygen atoms in total. The highest BCUT2D eigenvalue weighted by atomic mass is 32.2. The Hall–Kier alpha value is -4.23. The Morgan fingerprint density at radius 3 is 2.22 bits per heavy atom. The summed E-state index contributed by atoms with van der Waals surface area (Å²) in [6.07, 6.45) is -4.50. The maximum atomic E-state index is 13.1. The molecule has 0 radical (unpaired) electrons. The number of carboxylic acids is 1. The number of thioether (sulfide) groups is 1. The van der Waals surface area contributed by atoms with Gasteiger partial charge in [0.25, 0.3) is 0 Å². The molecule has 3 aromatic carbocycles. The Labute approximate surface area is 263 Å². The summed E-state index contributed by atoms with van der Waals surface area (Å²) in [4.78, 5) is 17.8. The fourth-order valence-corrected chi connectivity index (χ4v) is 5.90. The molecule has 0 spiro atoms. The van der Waals surface area contributed by atoms with E-state index >= 15 is 0 Å². The van der Waals surface area contributed by atoms with Crippen molar-refractivity contribution in [3.8, 4) is 17.2 Å². The first kappa shape index (κ1) is 32.2. The molecular formula is C32H34F3N5O4S. The van der Waals surface area contributed by atoms with E-state index < -0.39 is 17.7 Å². The maximum Gasteiger partial charge on any atom is 0.416 e. The second kappa shape index (κ2) is 14.2. The summed E-state index contributed by atoms with van der Waals surface area (Å²) < 4.78 is 50.3. The van der Waals surface area contributed by atoms with Gasteiger partial charge in [-0.3, -0.25) is 9.69 Å². The van der Waals surface area contributed by atoms with Crippen molar-refractivity contribution in [2.75, 3.05) is 44.8 Å². The van der Waals surface area contributed by atoms with Gasteiger partial charge in [0.2, 0.25) is 0 Å². The van der Waals surface area contributed by atoms with Gasteiger partial charge in [0.15, 0.2) is 0 Å². The number of halogens is 3. The van der Waals surface area contributed by atoms with E-state index in [9.17, 15) is 18.0 Å². The zero-order chi connectivity index (χ0) is 32.0. The summed E-state index contributed by atoms with van der Waals surface area (Å²) in [6, 6.07) is 18.5. The van der Waals surface area contributed by atoms with E-state index in [1.54, 1.807) is 18.9 Å². The monoisotopic (exact) mass is 641 g/mol. The predicted octanol–water partition coefficient (Wildman–Crippen LogP) is 6.07. The molecule has 0 unspecified atom stereocenters. The summed E-state index contributed by atoms with van der Waals surface area (Å²) in [6.45, 7) is 5.85. The standard InChI is InChI=1S/C32H34F3N5O4S/c1-22-19-27(11-12-30(22)44-18-13-31(41)42)45-21-29-28(36-40(37-29)25-5-3-23(4-6-25)32(33,34)35)20-38-14-16-39(17-15-38)24-7-9-26(43-2)10-8-24/h3-12,19H,13-18,20-21H2,1-2H3,(H,41,42). The number of hydrogen-bond acceptors (Lipinski definition) is 8. The molecule has 238 valence electrons. The summed E-state index contributed by atoms with van der Waals surface area (Å²) in [5.41, 5.74) is 3.25. The number of rotatable bonds is 12. The van der Waals surface area contributed by atoms with Gasteiger partial charge in [0.1, 0.15) is 17.2 Å². The summed E-state index contributed by atoms with van der Waals surface area (Å²) in [7, 11) is 1.65. The first-order valence-electron chi connectivity index (χ1n) is 14.4. The lowest BCUT2D eigenvalue weighted by atomic mass is 10.2. The van der Waals surface area contributed by atoms with Crippen LogP contribution in [-0.4, -0.2) is 70.9 Å². The molecule has 0 bridgehead atoms. The van der Waals surface area contributed by atoms with Crippen molar-refractivity contribution >= 4 is 23.4 Å². The Morgan fingerprint density at radius 1 is 0.933 bits per heavy atom. The highest BCUT2D eigenvalue weighted by Gasteiger charge is 2.30. The second-order valence-electron chi connectivity index (χ2n) is 10.6. The second-order valence-corrected chi connectivity index (χ2v) is 11.6. The van der Waals surface area contributed by atoms with Crippen molar-refractivity contribution in [3.05, 3.63) is 89.2 Å². The smallest absolute Gasteiger partial charge is 0.416 e. The minimum absolute atomic E-state index is 0.0795. The highest BCUT2D eigenvalue weighted by molar-refractivity contribution is 7.98. The van der Waals surface area contributed by atoms with Crippen LogP contribution in [0.15, 0.2) is 71.6 Å². The number of hydrogen-bond donors (Lipinski definition) is 1. The molecule has 0 aliphatic carbocycles. The van der Waals surface area contributed by atoms with Crippen LogP contribution in [0.5, 0.6) is 11.5 Å². The van der Waals surface area contributed by atoms with Crippen molar-refractivity contribution in [3.63, 3.8) is 0 Å². The predicted molar refractivity (Wildman–Crippen MR) is 165 cm³/mol. The lowest BCUT2D eigenvalue weighted by molar-refractivity contribution is -0.138. The fourth-order valence-electron chi connectivity index (χ4n) is 4.94. The third kappa shape index (κ3) is 8.49. The molecule has 45 heavy (non-hydrogen) atoms. The molecule has 1 N–H and O–H groups in total. The molecule has 5 rings (SSSR count). The molecule has 4 aromatic rings. The maximum absolute atomic E-state index is 13.1.